The van der Waals surface area contributed by atoms with Crippen LogP contribution in [0, 0.1) is 5.41 Å². The molecule has 1 saturated heterocycles. The van der Waals surface area contributed by atoms with Gasteiger partial charge in [-0.3, -0.25) is 9.78 Å². The number of carbonyl (C=O) groups is 1. The van der Waals surface area contributed by atoms with Gasteiger partial charge in [0.25, 0.3) is 5.91 Å². The fourth-order valence-corrected chi connectivity index (χ4v) is 3.55. The van der Waals surface area contributed by atoms with Crippen molar-refractivity contribution in [3.05, 3.63) is 24.0 Å². The zero-order valence-electron chi connectivity index (χ0n) is 13.6. The average Bonchev–Trinajstić information content (AvgIpc) is 2.55. The molecule has 2 N–H and O–H groups in total. The van der Waals surface area contributed by atoms with Gasteiger partial charge in [-0.05, 0) is 39.2 Å². The van der Waals surface area contributed by atoms with Crippen LogP contribution in [-0.4, -0.2) is 47.5 Å². The summed E-state index contributed by atoms with van der Waals surface area (Å²) in [4.78, 5) is 16.7. The molecule has 3 rings (SSSR count). The van der Waals surface area contributed by atoms with E-state index in [9.17, 15) is 9.90 Å². The van der Waals surface area contributed by atoms with E-state index >= 15 is 0 Å². The number of aromatic nitrogens is 1. The number of nitrogens with one attached hydrogen (secondary N) is 1. The lowest BCUT2D eigenvalue weighted by Gasteiger charge is -2.55. The molecule has 2 fully saturated rings. The molecule has 2 atom stereocenters. The van der Waals surface area contributed by atoms with Gasteiger partial charge in [0.1, 0.15) is 0 Å². The molecule has 0 aromatic carbocycles. The smallest absolute Gasteiger partial charge is 0.255 e. The van der Waals surface area contributed by atoms with Gasteiger partial charge in [-0.15, -0.1) is 0 Å². The first-order valence-corrected chi connectivity index (χ1v) is 8.20. The summed E-state index contributed by atoms with van der Waals surface area (Å²) in [5.74, 6) is 0.312. The number of ether oxygens (including phenoxy) is 2. The number of rotatable bonds is 4. The largest absolute Gasteiger partial charge is 0.489 e. The number of amides is 1. The Bertz CT molecular complexity index is 569. The first-order valence-electron chi connectivity index (χ1n) is 8.20. The van der Waals surface area contributed by atoms with Crippen molar-refractivity contribution in [2.45, 2.75) is 51.4 Å². The van der Waals surface area contributed by atoms with Crippen molar-refractivity contribution in [1.29, 1.82) is 0 Å². The molecular formula is C17H24N2O4. The number of pyridine rings is 1. The summed E-state index contributed by atoms with van der Waals surface area (Å²) in [6.45, 7) is 5.10. The molecule has 2 aliphatic rings. The Hall–Kier alpha value is -1.66. The number of aliphatic hydroxyl groups excluding tert-OH is 1. The standard InChI is InChI=1S/C17H24N2O4/c1-11(2)23-13-10-18-6-3-12(13)16(21)19-14-9-15(20)17(14)4-7-22-8-5-17/h3,6,10-11,14-15,20H,4-5,7-9H2,1-2H3,(H,19,21)/t14-,15-/m1/s1. The summed E-state index contributed by atoms with van der Waals surface area (Å²) in [5.41, 5.74) is 0.248. The molecule has 0 radical (unpaired) electrons. The van der Waals surface area contributed by atoms with E-state index in [4.69, 9.17) is 9.47 Å². The zero-order valence-corrected chi connectivity index (χ0v) is 13.6. The zero-order chi connectivity index (χ0) is 16.4. The Morgan fingerprint density at radius 3 is 2.87 bits per heavy atom. The molecule has 0 bridgehead atoms. The fraction of sp³-hybridized carbons (Fsp3) is 0.647. The number of carbonyl (C=O) groups excluding carboxylic acids is 1. The molecule has 1 aromatic heterocycles. The van der Waals surface area contributed by atoms with Crippen LogP contribution in [0.4, 0.5) is 0 Å². The molecule has 2 heterocycles. The van der Waals surface area contributed by atoms with E-state index in [2.05, 4.69) is 10.3 Å². The van der Waals surface area contributed by atoms with Crippen molar-refractivity contribution in [3.63, 3.8) is 0 Å². The van der Waals surface area contributed by atoms with Crippen molar-refractivity contribution < 1.29 is 19.4 Å². The maximum atomic E-state index is 12.7. The van der Waals surface area contributed by atoms with E-state index in [1.54, 1.807) is 18.5 Å². The van der Waals surface area contributed by atoms with E-state index in [0.29, 0.717) is 30.9 Å². The first-order chi connectivity index (χ1) is 11.0. The van der Waals surface area contributed by atoms with Gasteiger partial charge in [-0.25, -0.2) is 0 Å². The van der Waals surface area contributed by atoms with Gasteiger partial charge in [0.2, 0.25) is 0 Å². The van der Waals surface area contributed by atoms with Crippen molar-refractivity contribution in [2.24, 2.45) is 5.41 Å². The summed E-state index contributed by atoms with van der Waals surface area (Å²) < 4.78 is 11.1. The molecule has 1 aliphatic carbocycles. The van der Waals surface area contributed by atoms with Crippen LogP contribution >= 0.6 is 0 Å². The monoisotopic (exact) mass is 320 g/mol. The lowest BCUT2D eigenvalue weighted by Crippen LogP contribution is -2.65. The molecule has 23 heavy (non-hydrogen) atoms. The number of hydrogen-bond donors (Lipinski definition) is 2. The third-order valence-electron chi connectivity index (χ3n) is 4.94. The highest BCUT2D eigenvalue weighted by Crippen LogP contribution is 2.49. The van der Waals surface area contributed by atoms with Crippen molar-refractivity contribution in [2.75, 3.05) is 13.2 Å². The minimum atomic E-state index is -0.361. The first kappa shape index (κ1) is 16.2. The Kier molecular flexibility index (Phi) is 4.55. The minimum Gasteiger partial charge on any atom is -0.489 e. The maximum absolute atomic E-state index is 12.7. The summed E-state index contributed by atoms with van der Waals surface area (Å²) in [5, 5.41) is 13.3. The van der Waals surface area contributed by atoms with Crippen LogP contribution in [0.5, 0.6) is 5.75 Å². The van der Waals surface area contributed by atoms with Gasteiger partial charge in [0, 0.05) is 30.9 Å². The SMILES string of the molecule is CC(C)Oc1cnccc1C(=O)N[C@@H]1C[C@@H](O)C12CCOCC2. The van der Waals surface area contributed by atoms with Crippen molar-refractivity contribution in [1.82, 2.24) is 10.3 Å². The van der Waals surface area contributed by atoms with Crippen LogP contribution < -0.4 is 10.1 Å². The van der Waals surface area contributed by atoms with E-state index < -0.39 is 0 Å². The summed E-state index contributed by atoms with van der Waals surface area (Å²) in [7, 11) is 0. The molecule has 1 saturated carbocycles. The highest BCUT2D eigenvalue weighted by molar-refractivity contribution is 5.97. The lowest BCUT2D eigenvalue weighted by molar-refractivity contribution is -0.145. The van der Waals surface area contributed by atoms with Crippen LogP contribution in [0.1, 0.15) is 43.5 Å². The lowest BCUT2D eigenvalue weighted by atomic mass is 9.58. The number of nitrogens with zero attached hydrogens (tertiary/aromatic N) is 1. The summed E-state index contributed by atoms with van der Waals surface area (Å²) in [6.07, 6.45) is 4.92. The van der Waals surface area contributed by atoms with Crippen LogP contribution in [0.3, 0.4) is 0 Å². The number of aliphatic hydroxyl groups is 1. The normalized spacial score (nSPS) is 25.9. The number of hydrogen-bond acceptors (Lipinski definition) is 5. The Labute approximate surface area is 136 Å². The molecule has 1 amide bonds. The molecule has 6 nitrogen and oxygen atoms in total. The van der Waals surface area contributed by atoms with Crippen LogP contribution in [0.2, 0.25) is 0 Å². The third kappa shape index (κ3) is 3.05. The van der Waals surface area contributed by atoms with Gasteiger partial charge < -0.3 is 19.9 Å². The van der Waals surface area contributed by atoms with Gasteiger partial charge in [0.15, 0.2) is 5.75 Å². The van der Waals surface area contributed by atoms with E-state index in [-0.39, 0.29) is 29.6 Å². The fourth-order valence-electron chi connectivity index (χ4n) is 3.55. The van der Waals surface area contributed by atoms with Crippen LogP contribution in [0.15, 0.2) is 18.5 Å². The van der Waals surface area contributed by atoms with E-state index in [0.717, 1.165) is 12.8 Å². The quantitative estimate of drug-likeness (QED) is 0.879. The van der Waals surface area contributed by atoms with Crippen LogP contribution in [0.25, 0.3) is 0 Å². The van der Waals surface area contributed by atoms with Gasteiger partial charge >= 0.3 is 0 Å². The second kappa shape index (κ2) is 6.45. The molecule has 6 heteroatoms. The Morgan fingerprint density at radius 2 is 2.22 bits per heavy atom. The molecule has 1 spiro atoms. The molecule has 126 valence electrons. The second-order valence-electron chi connectivity index (χ2n) is 6.66. The molecular weight excluding hydrogens is 296 g/mol. The third-order valence-corrected chi connectivity index (χ3v) is 4.94. The Balaban J connectivity index is 1.72. The maximum Gasteiger partial charge on any atom is 0.255 e. The second-order valence-corrected chi connectivity index (χ2v) is 6.66. The molecule has 1 aliphatic heterocycles. The summed E-state index contributed by atoms with van der Waals surface area (Å²) >= 11 is 0. The van der Waals surface area contributed by atoms with Crippen molar-refractivity contribution >= 4 is 5.91 Å². The minimum absolute atomic E-state index is 0.0195. The van der Waals surface area contributed by atoms with E-state index in [1.165, 1.54) is 0 Å². The Morgan fingerprint density at radius 1 is 1.48 bits per heavy atom. The highest BCUT2D eigenvalue weighted by atomic mass is 16.5. The molecule has 1 aromatic rings. The van der Waals surface area contributed by atoms with Crippen molar-refractivity contribution in [3.8, 4) is 5.75 Å². The van der Waals surface area contributed by atoms with Gasteiger partial charge in [0.05, 0.1) is 24.0 Å². The summed E-state index contributed by atoms with van der Waals surface area (Å²) in [6, 6.07) is 1.65. The predicted octanol–water partition coefficient (Wildman–Crippen LogP) is 1.53. The van der Waals surface area contributed by atoms with Crippen LogP contribution in [-0.2, 0) is 4.74 Å². The average molecular weight is 320 g/mol. The predicted molar refractivity (Wildman–Crippen MR) is 84.4 cm³/mol. The van der Waals surface area contributed by atoms with Gasteiger partial charge in [-0.2, -0.15) is 0 Å². The highest BCUT2D eigenvalue weighted by Gasteiger charge is 2.55. The van der Waals surface area contributed by atoms with Gasteiger partial charge in [-0.1, -0.05) is 0 Å². The van der Waals surface area contributed by atoms with E-state index in [1.807, 2.05) is 13.8 Å². The topological polar surface area (TPSA) is 80.7 Å². The molecule has 0 unspecified atom stereocenters.